The van der Waals surface area contributed by atoms with E-state index in [9.17, 15) is 0 Å². The summed E-state index contributed by atoms with van der Waals surface area (Å²) in [7, 11) is 0. The highest BCUT2D eigenvalue weighted by atomic mass is 16.7. The summed E-state index contributed by atoms with van der Waals surface area (Å²) in [6, 6.07) is 16.5. The molecule has 1 aromatic heterocycles. The number of nitrogens with zero attached hydrogens (tertiary/aromatic N) is 3. The monoisotopic (exact) mass is 360 g/mol. The number of hydrogen-bond acceptors (Lipinski definition) is 6. The Morgan fingerprint density at radius 2 is 1.93 bits per heavy atom. The first-order valence-electron chi connectivity index (χ1n) is 9.10. The second kappa shape index (κ2) is 6.46. The van der Waals surface area contributed by atoms with Crippen molar-refractivity contribution in [1.29, 1.82) is 0 Å². The largest absolute Gasteiger partial charge is 0.454 e. The van der Waals surface area contributed by atoms with E-state index in [0.29, 0.717) is 12.5 Å². The third-order valence-electron chi connectivity index (χ3n) is 4.89. The zero-order valence-electron chi connectivity index (χ0n) is 15.1. The van der Waals surface area contributed by atoms with Crippen molar-refractivity contribution in [2.45, 2.75) is 19.9 Å². The number of aromatic nitrogens is 2. The van der Waals surface area contributed by atoms with Crippen molar-refractivity contribution in [2.24, 2.45) is 0 Å². The number of benzene rings is 2. The third-order valence-corrected chi connectivity index (χ3v) is 4.89. The standard InChI is InChI=1S/C21H20N4O2/c1-14-10-20(25-9-8-16-4-2-3-5-17(16)25)24-21(23-14)22-12-15-6-7-18-19(11-15)27-13-26-18/h2-7,10-11H,8-9,12-13H2,1H3,(H,22,23,24). The Balaban J connectivity index is 1.37. The van der Waals surface area contributed by atoms with Crippen LogP contribution in [0.5, 0.6) is 11.5 Å². The van der Waals surface area contributed by atoms with E-state index in [1.165, 1.54) is 11.3 Å². The number of ether oxygens (including phenoxy) is 2. The van der Waals surface area contributed by atoms with E-state index in [1.807, 2.05) is 31.2 Å². The first-order valence-corrected chi connectivity index (χ1v) is 9.10. The molecule has 5 rings (SSSR count). The molecule has 136 valence electrons. The maximum atomic E-state index is 5.44. The van der Waals surface area contributed by atoms with Crippen molar-refractivity contribution in [3.8, 4) is 11.5 Å². The smallest absolute Gasteiger partial charge is 0.231 e. The zero-order valence-corrected chi connectivity index (χ0v) is 15.1. The molecule has 0 fully saturated rings. The summed E-state index contributed by atoms with van der Waals surface area (Å²) in [5.74, 6) is 3.14. The average Bonchev–Trinajstić information content (AvgIpc) is 3.32. The van der Waals surface area contributed by atoms with Gasteiger partial charge in [-0.25, -0.2) is 4.98 Å². The topological polar surface area (TPSA) is 59.5 Å². The third kappa shape index (κ3) is 3.03. The quantitative estimate of drug-likeness (QED) is 0.763. The van der Waals surface area contributed by atoms with E-state index < -0.39 is 0 Å². The van der Waals surface area contributed by atoms with Crippen LogP contribution < -0.4 is 19.7 Å². The number of fused-ring (bicyclic) bond motifs is 2. The molecule has 3 heterocycles. The number of para-hydroxylation sites is 1. The van der Waals surface area contributed by atoms with Crippen molar-refractivity contribution >= 4 is 17.5 Å². The minimum absolute atomic E-state index is 0.286. The molecule has 0 unspecified atom stereocenters. The molecule has 0 aliphatic carbocycles. The summed E-state index contributed by atoms with van der Waals surface area (Å²) in [5.41, 5.74) is 4.64. The molecule has 6 heteroatoms. The zero-order chi connectivity index (χ0) is 18.2. The van der Waals surface area contributed by atoms with Gasteiger partial charge < -0.3 is 19.7 Å². The molecule has 2 aromatic carbocycles. The van der Waals surface area contributed by atoms with Gasteiger partial charge in [0.25, 0.3) is 0 Å². The van der Waals surface area contributed by atoms with Crippen molar-refractivity contribution in [3.05, 3.63) is 65.4 Å². The number of aryl methyl sites for hydroxylation is 1. The lowest BCUT2D eigenvalue weighted by atomic mass is 10.2. The Labute approximate surface area is 157 Å². The van der Waals surface area contributed by atoms with Gasteiger partial charge >= 0.3 is 0 Å². The Kier molecular flexibility index (Phi) is 3.81. The molecular weight excluding hydrogens is 340 g/mol. The molecule has 0 bridgehead atoms. The molecular formula is C21H20N4O2. The molecule has 0 radical (unpaired) electrons. The molecule has 6 nitrogen and oxygen atoms in total. The fraction of sp³-hybridized carbons (Fsp3) is 0.238. The van der Waals surface area contributed by atoms with Gasteiger partial charge in [0, 0.05) is 30.5 Å². The molecule has 27 heavy (non-hydrogen) atoms. The summed E-state index contributed by atoms with van der Waals surface area (Å²) in [5, 5.41) is 3.34. The highest BCUT2D eigenvalue weighted by Crippen LogP contribution is 2.34. The van der Waals surface area contributed by atoms with Gasteiger partial charge in [-0.05, 0) is 42.7 Å². The molecule has 0 amide bonds. The van der Waals surface area contributed by atoms with Crippen LogP contribution in [0.3, 0.4) is 0 Å². The Morgan fingerprint density at radius 1 is 1.04 bits per heavy atom. The van der Waals surface area contributed by atoms with Crippen molar-refractivity contribution in [1.82, 2.24) is 9.97 Å². The van der Waals surface area contributed by atoms with Gasteiger partial charge in [-0.1, -0.05) is 24.3 Å². The van der Waals surface area contributed by atoms with Crippen LogP contribution in [-0.2, 0) is 13.0 Å². The van der Waals surface area contributed by atoms with Gasteiger partial charge in [0.05, 0.1) is 0 Å². The van der Waals surface area contributed by atoms with Crippen molar-refractivity contribution in [3.63, 3.8) is 0 Å². The lowest BCUT2D eigenvalue weighted by Gasteiger charge is -2.19. The Hall–Kier alpha value is -3.28. The second-order valence-electron chi connectivity index (χ2n) is 6.76. The Bertz CT molecular complexity index is 1010. The van der Waals surface area contributed by atoms with E-state index in [-0.39, 0.29) is 6.79 Å². The SMILES string of the molecule is Cc1cc(N2CCc3ccccc32)nc(NCc2ccc3c(c2)OCO3)n1. The van der Waals surface area contributed by atoms with E-state index in [1.54, 1.807) is 0 Å². The maximum absolute atomic E-state index is 5.44. The van der Waals surface area contributed by atoms with Gasteiger partial charge in [-0.2, -0.15) is 4.98 Å². The molecule has 3 aromatic rings. The minimum Gasteiger partial charge on any atom is -0.454 e. The van der Waals surface area contributed by atoms with Gasteiger partial charge in [-0.3, -0.25) is 0 Å². The van der Waals surface area contributed by atoms with Crippen LogP contribution in [0, 0.1) is 6.92 Å². The van der Waals surface area contributed by atoms with Crippen LogP contribution in [-0.4, -0.2) is 23.3 Å². The van der Waals surface area contributed by atoms with Crippen molar-refractivity contribution in [2.75, 3.05) is 23.6 Å². The summed E-state index contributed by atoms with van der Waals surface area (Å²) < 4.78 is 10.8. The molecule has 2 aliphatic rings. The maximum Gasteiger partial charge on any atom is 0.231 e. The lowest BCUT2D eigenvalue weighted by molar-refractivity contribution is 0.174. The van der Waals surface area contributed by atoms with Gasteiger partial charge in [0.15, 0.2) is 11.5 Å². The summed E-state index contributed by atoms with van der Waals surface area (Å²) >= 11 is 0. The minimum atomic E-state index is 0.286. The van der Waals surface area contributed by atoms with E-state index in [4.69, 9.17) is 14.5 Å². The van der Waals surface area contributed by atoms with E-state index >= 15 is 0 Å². The summed E-state index contributed by atoms with van der Waals surface area (Å²) in [4.78, 5) is 11.6. The first-order chi connectivity index (χ1) is 13.3. The fourth-order valence-electron chi connectivity index (χ4n) is 3.58. The molecule has 1 N–H and O–H groups in total. The molecule has 2 aliphatic heterocycles. The van der Waals surface area contributed by atoms with Gasteiger partial charge in [0.2, 0.25) is 12.7 Å². The van der Waals surface area contributed by atoms with Crippen LogP contribution >= 0.6 is 0 Å². The van der Waals surface area contributed by atoms with Crippen LogP contribution in [0.15, 0.2) is 48.5 Å². The summed E-state index contributed by atoms with van der Waals surface area (Å²) in [6.07, 6.45) is 1.04. The predicted molar refractivity (Wildman–Crippen MR) is 104 cm³/mol. The number of anilines is 3. The van der Waals surface area contributed by atoms with Crippen LogP contribution in [0.4, 0.5) is 17.5 Å². The number of hydrogen-bond donors (Lipinski definition) is 1. The normalized spacial score (nSPS) is 14.3. The van der Waals surface area contributed by atoms with Crippen LogP contribution in [0.2, 0.25) is 0 Å². The first kappa shape index (κ1) is 15.9. The predicted octanol–water partition coefficient (Wildman–Crippen LogP) is 3.82. The highest BCUT2D eigenvalue weighted by Gasteiger charge is 2.21. The fourth-order valence-corrected chi connectivity index (χ4v) is 3.58. The molecule has 0 saturated carbocycles. The summed E-state index contributed by atoms with van der Waals surface area (Å²) in [6.45, 7) is 3.85. The second-order valence-corrected chi connectivity index (χ2v) is 6.76. The van der Waals surface area contributed by atoms with Crippen molar-refractivity contribution < 1.29 is 9.47 Å². The van der Waals surface area contributed by atoms with E-state index in [2.05, 4.69) is 39.5 Å². The van der Waals surface area contributed by atoms with Crippen LogP contribution in [0.25, 0.3) is 0 Å². The Morgan fingerprint density at radius 3 is 2.89 bits per heavy atom. The van der Waals surface area contributed by atoms with Crippen LogP contribution in [0.1, 0.15) is 16.8 Å². The molecule has 0 atom stereocenters. The van der Waals surface area contributed by atoms with Gasteiger partial charge in [-0.15, -0.1) is 0 Å². The lowest BCUT2D eigenvalue weighted by Crippen LogP contribution is -2.16. The average molecular weight is 360 g/mol. The van der Waals surface area contributed by atoms with Gasteiger partial charge in [0.1, 0.15) is 5.82 Å². The number of nitrogens with one attached hydrogen (secondary N) is 1. The molecule has 0 saturated heterocycles. The number of rotatable bonds is 4. The molecule has 0 spiro atoms. The highest BCUT2D eigenvalue weighted by molar-refractivity contribution is 5.68. The van der Waals surface area contributed by atoms with E-state index in [0.717, 1.165) is 41.5 Å².